The Morgan fingerprint density at radius 1 is 1.17 bits per heavy atom. The smallest absolute Gasteiger partial charge is 0.387 e. The van der Waals surface area contributed by atoms with Crippen molar-refractivity contribution >= 4 is 41.5 Å². The molecule has 0 unspecified atom stereocenters. The predicted molar refractivity (Wildman–Crippen MR) is 122 cm³/mol. The molecular weight excluding hydrogens is 533 g/mol. The number of rotatable bonds is 10. The van der Waals surface area contributed by atoms with Crippen LogP contribution in [0.25, 0.3) is 0 Å². The fourth-order valence-electron chi connectivity index (χ4n) is 2.31. The van der Waals surface area contributed by atoms with Crippen molar-refractivity contribution in [3.8, 4) is 11.6 Å². The SMILES string of the molecule is CN=C(NCc1ccc(OCCOC)nc1)NCc1cc(Cl)ccc1OC(F)F.I. The summed E-state index contributed by atoms with van der Waals surface area (Å²) in [5, 5.41) is 6.58. The van der Waals surface area contributed by atoms with Crippen molar-refractivity contribution in [2.45, 2.75) is 19.7 Å². The number of nitrogens with zero attached hydrogens (tertiary/aromatic N) is 2. The Hall–Kier alpha value is -1.92. The van der Waals surface area contributed by atoms with E-state index in [1.807, 2.05) is 6.07 Å². The van der Waals surface area contributed by atoms with Crippen LogP contribution in [0.5, 0.6) is 11.6 Å². The van der Waals surface area contributed by atoms with Crippen molar-refractivity contribution in [3.63, 3.8) is 0 Å². The number of aromatic nitrogens is 1. The van der Waals surface area contributed by atoms with Gasteiger partial charge in [-0.2, -0.15) is 8.78 Å². The minimum absolute atomic E-state index is 0. The van der Waals surface area contributed by atoms with E-state index >= 15 is 0 Å². The molecule has 1 aromatic heterocycles. The van der Waals surface area contributed by atoms with Crippen molar-refractivity contribution in [2.75, 3.05) is 27.4 Å². The lowest BCUT2D eigenvalue weighted by molar-refractivity contribution is -0.0504. The van der Waals surface area contributed by atoms with E-state index in [0.717, 1.165) is 5.56 Å². The van der Waals surface area contributed by atoms with Gasteiger partial charge in [0, 0.05) is 50.1 Å². The van der Waals surface area contributed by atoms with E-state index in [9.17, 15) is 8.78 Å². The minimum Gasteiger partial charge on any atom is -0.475 e. The average Bonchev–Trinajstić information content (AvgIpc) is 2.71. The van der Waals surface area contributed by atoms with Crippen LogP contribution >= 0.6 is 35.6 Å². The molecule has 0 bridgehead atoms. The van der Waals surface area contributed by atoms with Gasteiger partial charge in [0.2, 0.25) is 5.88 Å². The molecule has 0 saturated heterocycles. The first-order valence-electron chi connectivity index (χ1n) is 8.76. The highest BCUT2D eigenvalue weighted by Gasteiger charge is 2.11. The summed E-state index contributed by atoms with van der Waals surface area (Å²) in [7, 11) is 3.21. The van der Waals surface area contributed by atoms with E-state index < -0.39 is 6.61 Å². The largest absolute Gasteiger partial charge is 0.475 e. The number of ether oxygens (including phenoxy) is 3. The lowest BCUT2D eigenvalue weighted by Crippen LogP contribution is -2.36. The lowest BCUT2D eigenvalue weighted by Gasteiger charge is -2.15. The van der Waals surface area contributed by atoms with Gasteiger partial charge < -0.3 is 24.8 Å². The number of hydrogen-bond acceptors (Lipinski definition) is 5. The fraction of sp³-hybridized carbons (Fsp3) is 0.368. The Kier molecular flexibility index (Phi) is 12.3. The summed E-state index contributed by atoms with van der Waals surface area (Å²) in [6.45, 7) is -1.34. The van der Waals surface area contributed by atoms with Crippen molar-refractivity contribution in [3.05, 3.63) is 52.7 Å². The van der Waals surface area contributed by atoms with Gasteiger partial charge in [-0.05, 0) is 23.8 Å². The molecule has 0 fully saturated rings. The van der Waals surface area contributed by atoms with Gasteiger partial charge in [0.05, 0.1) is 6.61 Å². The maximum absolute atomic E-state index is 12.6. The van der Waals surface area contributed by atoms with Crippen LogP contribution in [0.2, 0.25) is 5.02 Å². The van der Waals surface area contributed by atoms with Crippen molar-refractivity contribution in [1.82, 2.24) is 15.6 Å². The zero-order chi connectivity index (χ0) is 21.1. The molecule has 1 heterocycles. The van der Waals surface area contributed by atoms with E-state index in [1.54, 1.807) is 32.5 Å². The first kappa shape index (κ1) is 26.1. The third-order valence-corrected chi connectivity index (χ3v) is 3.94. The second kappa shape index (κ2) is 14.1. The molecule has 166 valence electrons. The maximum atomic E-state index is 12.6. The van der Waals surface area contributed by atoms with Crippen molar-refractivity contribution in [2.24, 2.45) is 4.99 Å². The molecule has 2 aromatic rings. The highest BCUT2D eigenvalue weighted by Crippen LogP contribution is 2.24. The van der Waals surface area contributed by atoms with Crippen LogP contribution in [-0.2, 0) is 17.8 Å². The number of hydrogen-bond donors (Lipinski definition) is 2. The van der Waals surface area contributed by atoms with E-state index in [4.69, 9.17) is 21.1 Å². The normalized spacial score (nSPS) is 11.1. The molecular formula is C19H24ClF2IN4O3. The van der Waals surface area contributed by atoms with Crippen LogP contribution in [0.15, 0.2) is 41.5 Å². The van der Waals surface area contributed by atoms with Gasteiger partial charge in [0.25, 0.3) is 0 Å². The Bertz CT molecular complexity index is 798. The van der Waals surface area contributed by atoms with Crippen LogP contribution in [-0.4, -0.2) is 44.9 Å². The molecule has 0 aliphatic heterocycles. The number of nitrogens with one attached hydrogen (secondary N) is 2. The maximum Gasteiger partial charge on any atom is 0.387 e. The van der Waals surface area contributed by atoms with Gasteiger partial charge in [-0.3, -0.25) is 4.99 Å². The standard InChI is InChI=1S/C19H23ClF2N4O3.HI/c1-23-19(25-11-13-3-6-17(24-10-13)28-8-7-27-2)26-12-14-9-15(20)4-5-16(14)29-18(21)22;/h3-6,9-10,18H,7-8,11-12H2,1-2H3,(H2,23,25,26);1H. The number of alkyl halides is 2. The van der Waals surface area contributed by atoms with Crippen LogP contribution in [0, 0.1) is 0 Å². The summed E-state index contributed by atoms with van der Waals surface area (Å²) < 4.78 is 40.0. The molecule has 11 heteroatoms. The Balaban J connectivity index is 0.00000450. The van der Waals surface area contributed by atoms with Crippen molar-refractivity contribution in [1.29, 1.82) is 0 Å². The Morgan fingerprint density at radius 3 is 2.57 bits per heavy atom. The summed E-state index contributed by atoms with van der Waals surface area (Å²) in [5.74, 6) is 1.05. The molecule has 0 aliphatic rings. The molecule has 7 nitrogen and oxygen atoms in total. The summed E-state index contributed by atoms with van der Waals surface area (Å²) in [6, 6.07) is 8.10. The molecule has 0 spiro atoms. The predicted octanol–water partition coefficient (Wildman–Crippen LogP) is 3.84. The molecule has 2 N–H and O–H groups in total. The second-order valence-corrected chi connectivity index (χ2v) is 6.19. The first-order chi connectivity index (χ1) is 14.0. The molecule has 30 heavy (non-hydrogen) atoms. The topological polar surface area (TPSA) is 77.0 Å². The number of aliphatic imine (C=N–C) groups is 1. The first-order valence-corrected chi connectivity index (χ1v) is 9.14. The van der Waals surface area contributed by atoms with E-state index in [-0.39, 0.29) is 36.3 Å². The molecule has 0 radical (unpaired) electrons. The summed E-state index contributed by atoms with van der Waals surface area (Å²) in [5.41, 5.74) is 1.40. The highest BCUT2D eigenvalue weighted by atomic mass is 127. The number of halogens is 4. The molecule has 0 saturated carbocycles. The average molecular weight is 557 g/mol. The van der Waals surface area contributed by atoms with Gasteiger partial charge in [-0.15, -0.1) is 24.0 Å². The van der Waals surface area contributed by atoms with E-state index in [0.29, 0.717) is 42.2 Å². The second-order valence-electron chi connectivity index (χ2n) is 5.76. The van der Waals surface area contributed by atoms with Gasteiger partial charge in [0.15, 0.2) is 5.96 Å². The number of pyridine rings is 1. The van der Waals surface area contributed by atoms with Crippen LogP contribution in [0.3, 0.4) is 0 Å². The molecule has 2 rings (SSSR count). The number of guanidine groups is 1. The Morgan fingerprint density at radius 2 is 1.93 bits per heavy atom. The molecule has 0 aliphatic carbocycles. The number of methoxy groups -OCH3 is 1. The zero-order valence-corrected chi connectivity index (χ0v) is 19.6. The molecule has 1 aromatic carbocycles. The Labute approximate surface area is 196 Å². The third-order valence-electron chi connectivity index (χ3n) is 3.70. The third kappa shape index (κ3) is 9.26. The van der Waals surface area contributed by atoms with Crippen LogP contribution in [0.1, 0.15) is 11.1 Å². The van der Waals surface area contributed by atoms with Gasteiger partial charge in [-0.25, -0.2) is 4.98 Å². The van der Waals surface area contributed by atoms with E-state index in [2.05, 4.69) is 25.3 Å². The summed E-state index contributed by atoms with van der Waals surface area (Å²) in [4.78, 5) is 8.33. The lowest BCUT2D eigenvalue weighted by atomic mass is 10.2. The van der Waals surface area contributed by atoms with Gasteiger partial charge in [0.1, 0.15) is 12.4 Å². The highest BCUT2D eigenvalue weighted by molar-refractivity contribution is 14.0. The summed E-state index contributed by atoms with van der Waals surface area (Å²) >= 11 is 5.96. The van der Waals surface area contributed by atoms with Crippen LogP contribution in [0.4, 0.5) is 8.78 Å². The molecule has 0 atom stereocenters. The summed E-state index contributed by atoms with van der Waals surface area (Å²) in [6.07, 6.45) is 1.69. The van der Waals surface area contributed by atoms with Crippen molar-refractivity contribution < 1.29 is 23.0 Å². The monoisotopic (exact) mass is 556 g/mol. The molecule has 0 amide bonds. The zero-order valence-electron chi connectivity index (χ0n) is 16.5. The van der Waals surface area contributed by atoms with E-state index in [1.165, 1.54) is 12.1 Å². The quantitative estimate of drug-likeness (QED) is 0.200. The van der Waals surface area contributed by atoms with Gasteiger partial charge in [-0.1, -0.05) is 17.7 Å². The van der Waals surface area contributed by atoms with Crippen LogP contribution < -0.4 is 20.1 Å². The van der Waals surface area contributed by atoms with Gasteiger partial charge >= 0.3 is 6.61 Å². The number of benzene rings is 1. The fourth-order valence-corrected chi connectivity index (χ4v) is 2.51. The minimum atomic E-state index is -2.92.